The van der Waals surface area contributed by atoms with E-state index >= 15 is 0 Å². The smallest absolute Gasteiger partial charge is 0.275 e. The van der Waals surface area contributed by atoms with Crippen LogP contribution in [0.5, 0.6) is 5.75 Å². The van der Waals surface area contributed by atoms with Crippen molar-refractivity contribution in [3.63, 3.8) is 0 Å². The lowest BCUT2D eigenvalue weighted by atomic mass is 10.1. The molecule has 0 unspecified atom stereocenters. The fraction of sp³-hybridized carbons (Fsp3) is 0.333. The lowest BCUT2D eigenvalue weighted by molar-refractivity contribution is 0.411. The number of fused-ring (bicyclic) bond motifs is 1. The Bertz CT molecular complexity index is 1190. The molecule has 1 saturated carbocycles. The molecule has 6 nitrogen and oxygen atoms in total. The predicted octanol–water partition coefficient (Wildman–Crippen LogP) is 3.29. The van der Waals surface area contributed by atoms with Gasteiger partial charge in [-0.25, -0.2) is 0 Å². The first-order valence-electron chi connectivity index (χ1n) is 8.99. The largest absolute Gasteiger partial charge is 0.496 e. The zero-order valence-corrected chi connectivity index (χ0v) is 16.0. The molecule has 2 heterocycles. The summed E-state index contributed by atoms with van der Waals surface area (Å²) in [4.78, 5) is 13.3. The molecular formula is C21H22N4O2. The molecule has 0 atom stereocenters. The fourth-order valence-electron chi connectivity index (χ4n) is 3.98. The molecule has 0 amide bonds. The van der Waals surface area contributed by atoms with E-state index in [0.29, 0.717) is 28.1 Å². The summed E-state index contributed by atoms with van der Waals surface area (Å²) < 4.78 is 8.88. The van der Waals surface area contributed by atoms with Crippen molar-refractivity contribution >= 4 is 16.7 Å². The number of pyridine rings is 1. The van der Waals surface area contributed by atoms with Crippen LogP contribution in [0.3, 0.4) is 0 Å². The SMILES string of the molecule is COc1ccc(C)c(-n2c(N)c(C#N)c3cc(C4CC4)n(C)c(=O)c32)c1C. The first-order chi connectivity index (χ1) is 12.9. The standard InChI is InChI=1S/C21H22N4O2/c1-11-5-8-17(27-4)12(2)18(11)25-19-14(15(10-22)20(25)23)9-16(13-6-7-13)24(3)21(19)26/h5,8-9,13H,6-7,23H2,1-4H3. The summed E-state index contributed by atoms with van der Waals surface area (Å²) in [5.41, 5.74) is 10.6. The van der Waals surface area contributed by atoms with Crippen LogP contribution in [-0.4, -0.2) is 16.2 Å². The van der Waals surface area contributed by atoms with Crippen LogP contribution in [0.15, 0.2) is 23.0 Å². The molecule has 27 heavy (non-hydrogen) atoms. The van der Waals surface area contributed by atoms with Gasteiger partial charge in [-0.2, -0.15) is 5.26 Å². The number of anilines is 1. The summed E-state index contributed by atoms with van der Waals surface area (Å²) in [6, 6.07) is 7.99. The number of ether oxygens (including phenoxy) is 1. The van der Waals surface area contributed by atoms with Crippen LogP contribution >= 0.6 is 0 Å². The summed E-state index contributed by atoms with van der Waals surface area (Å²) in [5, 5.41) is 10.4. The quantitative estimate of drug-likeness (QED) is 0.775. The lowest BCUT2D eigenvalue weighted by Crippen LogP contribution is -2.22. The zero-order chi connectivity index (χ0) is 19.5. The maximum absolute atomic E-state index is 13.3. The Balaban J connectivity index is 2.18. The van der Waals surface area contributed by atoms with Crippen molar-refractivity contribution < 1.29 is 4.74 Å². The molecule has 0 aliphatic heterocycles. The number of nitriles is 1. The number of methoxy groups -OCH3 is 1. The number of hydrogen-bond donors (Lipinski definition) is 1. The van der Waals surface area contributed by atoms with Gasteiger partial charge in [-0.15, -0.1) is 0 Å². The predicted molar refractivity (Wildman–Crippen MR) is 106 cm³/mol. The van der Waals surface area contributed by atoms with Crippen LogP contribution in [0.25, 0.3) is 16.6 Å². The Hall–Kier alpha value is -3.20. The van der Waals surface area contributed by atoms with E-state index in [1.54, 1.807) is 23.3 Å². The molecule has 0 spiro atoms. The Morgan fingerprint density at radius 3 is 2.59 bits per heavy atom. The van der Waals surface area contributed by atoms with E-state index in [4.69, 9.17) is 10.5 Å². The minimum atomic E-state index is -0.135. The van der Waals surface area contributed by atoms with Gasteiger partial charge in [-0.05, 0) is 50.3 Å². The topological polar surface area (TPSA) is 86.0 Å². The Morgan fingerprint density at radius 2 is 2.00 bits per heavy atom. The van der Waals surface area contributed by atoms with Gasteiger partial charge >= 0.3 is 0 Å². The Labute approximate surface area is 157 Å². The third-order valence-corrected chi connectivity index (χ3v) is 5.57. The maximum atomic E-state index is 13.3. The number of benzene rings is 1. The molecular weight excluding hydrogens is 340 g/mol. The number of rotatable bonds is 3. The van der Waals surface area contributed by atoms with Crippen molar-refractivity contribution in [1.29, 1.82) is 5.26 Å². The summed E-state index contributed by atoms with van der Waals surface area (Å²) >= 11 is 0. The fourth-order valence-corrected chi connectivity index (χ4v) is 3.98. The Morgan fingerprint density at radius 1 is 1.30 bits per heavy atom. The third kappa shape index (κ3) is 2.35. The van der Waals surface area contributed by atoms with E-state index in [1.165, 1.54) is 0 Å². The van der Waals surface area contributed by atoms with Crippen molar-refractivity contribution in [3.8, 4) is 17.5 Å². The van der Waals surface area contributed by atoms with Gasteiger partial charge in [0.15, 0.2) is 0 Å². The molecule has 2 aromatic heterocycles. The van der Waals surface area contributed by atoms with Crippen LogP contribution in [0.4, 0.5) is 5.82 Å². The van der Waals surface area contributed by atoms with Gasteiger partial charge in [0.2, 0.25) is 0 Å². The molecule has 2 N–H and O–H groups in total. The molecule has 3 aromatic rings. The van der Waals surface area contributed by atoms with E-state index in [1.807, 2.05) is 32.0 Å². The average Bonchev–Trinajstić information content (AvgIpc) is 3.44. The number of nitrogens with two attached hydrogens (primary N) is 1. The van der Waals surface area contributed by atoms with Crippen LogP contribution in [-0.2, 0) is 7.05 Å². The number of aryl methyl sites for hydroxylation is 1. The summed E-state index contributed by atoms with van der Waals surface area (Å²) in [6.07, 6.45) is 2.15. The maximum Gasteiger partial charge on any atom is 0.275 e. The van der Waals surface area contributed by atoms with Gasteiger partial charge in [-0.3, -0.25) is 9.36 Å². The zero-order valence-electron chi connectivity index (χ0n) is 16.0. The van der Waals surface area contributed by atoms with Gasteiger partial charge in [-0.1, -0.05) is 6.07 Å². The minimum Gasteiger partial charge on any atom is -0.496 e. The van der Waals surface area contributed by atoms with Gasteiger partial charge in [0.1, 0.15) is 28.7 Å². The molecule has 1 fully saturated rings. The van der Waals surface area contributed by atoms with Crippen molar-refractivity contribution in [3.05, 3.63) is 50.9 Å². The summed E-state index contributed by atoms with van der Waals surface area (Å²) in [7, 11) is 3.40. The van der Waals surface area contributed by atoms with Crippen molar-refractivity contribution in [2.24, 2.45) is 7.05 Å². The molecule has 1 aliphatic rings. The monoisotopic (exact) mass is 362 g/mol. The van der Waals surface area contributed by atoms with Gasteiger partial charge in [0.25, 0.3) is 5.56 Å². The second-order valence-corrected chi connectivity index (χ2v) is 7.24. The molecule has 0 saturated heterocycles. The highest BCUT2D eigenvalue weighted by Gasteiger charge is 2.30. The van der Waals surface area contributed by atoms with Crippen molar-refractivity contribution in [2.75, 3.05) is 12.8 Å². The van der Waals surface area contributed by atoms with Gasteiger partial charge in [0, 0.05) is 23.7 Å². The van der Waals surface area contributed by atoms with Crippen LogP contribution in [0.1, 0.15) is 41.1 Å². The highest BCUT2D eigenvalue weighted by atomic mass is 16.5. The first-order valence-corrected chi connectivity index (χ1v) is 8.99. The molecule has 6 heteroatoms. The van der Waals surface area contributed by atoms with Crippen molar-refractivity contribution in [1.82, 2.24) is 9.13 Å². The Kier molecular flexibility index (Phi) is 3.77. The first kappa shape index (κ1) is 17.2. The highest BCUT2D eigenvalue weighted by Crippen LogP contribution is 2.42. The normalized spacial score (nSPS) is 13.7. The van der Waals surface area contributed by atoms with Gasteiger partial charge < -0.3 is 15.0 Å². The lowest BCUT2D eigenvalue weighted by Gasteiger charge is -2.17. The summed E-state index contributed by atoms with van der Waals surface area (Å²) in [5.74, 6) is 1.39. The second kappa shape index (κ2) is 5.92. The van der Waals surface area contributed by atoms with E-state index in [2.05, 4.69) is 6.07 Å². The molecule has 1 aromatic carbocycles. The molecule has 138 valence electrons. The van der Waals surface area contributed by atoms with Gasteiger partial charge in [0.05, 0.1) is 12.8 Å². The van der Waals surface area contributed by atoms with Crippen LogP contribution < -0.4 is 16.0 Å². The molecule has 4 rings (SSSR count). The number of hydrogen-bond acceptors (Lipinski definition) is 4. The van der Waals surface area contributed by atoms with E-state index in [-0.39, 0.29) is 11.4 Å². The van der Waals surface area contributed by atoms with E-state index in [9.17, 15) is 10.1 Å². The average molecular weight is 362 g/mol. The van der Waals surface area contributed by atoms with Crippen molar-refractivity contribution in [2.45, 2.75) is 32.6 Å². The highest BCUT2D eigenvalue weighted by molar-refractivity contribution is 5.94. The number of nitrogen functional groups attached to an aromatic ring is 1. The van der Waals surface area contributed by atoms with E-state index in [0.717, 1.165) is 35.3 Å². The number of nitrogens with zero attached hydrogens (tertiary/aromatic N) is 3. The molecule has 0 bridgehead atoms. The van der Waals surface area contributed by atoms with Crippen LogP contribution in [0, 0.1) is 25.2 Å². The number of aromatic nitrogens is 2. The van der Waals surface area contributed by atoms with E-state index < -0.39 is 0 Å². The third-order valence-electron chi connectivity index (χ3n) is 5.57. The molecule has 0 radical (unpaired) electrons. The summed E-state index contributed by atoms with van der Waals surface area (Å²) in [6.45, 7) is 3.89. The van der Waals surface area contributed by atoms with Crippen LogP contribution in [0.2, 0.25) is 0 Å². The molecule has 1 aliphatic carbocycles. The second-order valence-electron chi connectivity index (χ2n) is 7.24. The minimum absolute atomic E-state index is 0.135.